The molecule has 0 aliphatic carbocycles. The van der Waals surface area contributed by atoms with E-state index in [1.54, 1.807) is 23.7 Å². The summed E-state index contributed by atoms with van der Waals surface area (Å²) in [6.45, 7) is 5.15. The van der Waals surface area contributed by atoms with E-state index in [0.29, 0.717) is 13.1 Å². The number of carbonyl (C=O) groups is 1. The molecule has 1 saturated heterocycles. The number of hydrogen-bond acceptors (Lipinski definition) is 4. The van der Waals surface area contributed by atoms with Crippen LogP contribution in [0, 0.1) is 0 Å². The Morgan fingerprint density at radius 3 is 3.04 bits per heavy atom. The highest BCUT2D eigenvalue weighted by Gasteiger charge is 2.30. The molecule has 0 saturated carbocycles. The van der Waals surface area contributed by atoms with Gasteiger partial charge in [-0.3, -0.25) is 4.98 Å². The SMILES string of the molecule is C[C@@H]1CN(C(=O)N[C@@H](C)c2cccnc2)C[C@H](c2ccsc2)O1. The van der Waals surface area contributed by atoms with Gasteiger partial charge in [-0.25, -0.2) is 4.79 Å². The van der Waals surface area contributed by atoms with Crippen LogP contribution in [0.4, 0.5) is 4.79 Å². The predicted octanol–water partition coefficient (Wildman–Crippen LogP) is 3.38. The van der Waals surface area contributed by atoms with Crippen molar-refractivity contribution in [3.63, 3.8) is 0 Å². The number of rotatable bonds is 3. The Morgan fingerprint density at radius 1 is 1.48 bits per heavy atom. The van der Waals surface area contributed by atoms with Crippen LogP contribution in [0.15, 0.2) is 41.4 Å². The van der Waals surface area contributed by atoms with E-state index in [0.717, 1.165) is 11.1 Å². The molecule has 0 unspecified atom stereocenters. The first-order chi connectivity index (χ1) is 11.1. The summed E-state index contributed by atoms with van der Waals surface area (Å²) < 4.78 is 5.98. The van der Waals surface area contributed by atoms with Crippen molar-refractivity contribution in [2.24, 2.45) is 0 Å². The molecular formula is C17H21N3O2S. The fourth-order valence-electron chi connectivity index (χ4n) is 2.75. The quantitative estimate of drug-likeness (QED) is 0.938. The average molecular weight is 331 g/mol. The molecule has 23 heavy (non-hydrogen) atoms. The predicted molar refractivity (Wildman–Crippen MR) is 90.4 cm³/mol. The maximum absolute atomic E-state index is 12.6. The molecule has 0 spiro atoms. The van der Waals surface area contributed by atoms with E-state index < -0.39 is 0 Å². The molecule has 5 nitrogen and oxygen atoms in total. The first kappa shape index (κ1) is 16.0. The Bertz CT molecular complexity index is 633. The Hall–Kier alpha value is -1.92. The molecule has 0 bridgehead atoms. The monoisotopic (exact) mass is 331 g/mol. The van der Waals surface area contributed by atoms with Gasteiger partial charge in [0, 0.05) is 18.9 Å². The zero-order valence-electron chi connectivity index (χ0n) is 13.3. The largest absolute Gasteiger partial charge is 0.367 e. The molecule has 2 aromatic rings. The average Bonchev–Trinajstić information content (AvgIpc) is 3.09. The number of morpholine rings is 1. The highest BCUT2D eigenvalue weighted by atomic mass is 32.1. The number of urea groups is 1. The molecule has 1 N–H and O–H groups in total. The second-order valence-electron chi connectivity index (χ2n) is 5.85. The summed E-state index contributed by atoms with van der Waals surface area (Å²) in [5.74, 6) is 0. The van der Waals surface area contributed by atoms with Crippen LogP contribution < -0.4 is 5.32 Å². The summed E-state index contributed by atoms with van der Waals surface area (Å²) in [5.41, 5.74) is 2.14. The van der Waals surface area contributed by atoms with E-state index in [9.17, 15) is 4.79 Å². The molecule has 2 amide bonds. The fraction of sp³-hybridized carbons (Fsp3) is 0.412. The molecule has 3 rings (SSSR count). The van der Waals surface area contributed by atoms with Crippen LogP contribution in [0.2, 0.25) is 0 Å². The van der Waals surface area contributed by atoms with E-state index in [2.05, 4.69) is 21.7 Å². The van der Waals surface area contributed by atoms with Gasteiger partial charge in [0.25, 0.3) is 0 Å². The number of thiophene rings is 1. The van der Waals surface area contributed by atoms with E-state index in [-0.39, 0.29) is 24.3 Å². The third-order valence-corrected chi connectivity index (χ3v) is 4.69. The molecule has 1 aliphatic rings. The second-order valence-corrected chi connectivity index (χ2v) is 6.63. The number of aromatic nitrogens is 1. The van der Waals surface area contributed by atoms with Crippen molar-refractivity contribution in [2.45, 2.75) is 32.1 Å². The van der Waals surface area contributed by atoms with Crippen LogP contribution in [0.3, 0.4) is 0 Å². The molecule has 2 aromatic heterocycles. The summed E-state index contributed by atoms with van der Waals surface area (Å²) >= 11 is 1.65. The highest BCUT2D eigenvalue weighted by molar-refractivity contribution is 7.07. The van der Waals surface area contributed by atoms with Gasteiger partial charge in [0.05, 0.1) is 18.7 Å². The number of ether oxygens (including phenoxy) is 1. The van der Waals surface area contributed by atoms with Gasteiger partial charge in [-0.2, -0.15) is 11.3 Å². The molecule has 6 heteroatoms. The summed E-state index contributed by atoms with van der Waals surface area (Å²) in [4.78, 5) is 18.5. The molecule has 1 fully saturated rings. The first-order valence-electron chi connectivity index (χ1n) is 7.76. The van der Waals surface area contributed by atoms with Gasteiger partial charge >= 0.3 is 6.03 Å². The third-order valence-electron chi connectivity index (χ3n) is 3.99. The van der Waals surface area contributed by atoms with Crippen LogP contribution in [-0.4, -0.2) is 35.1 Å². The first-order valence-corrected chi connectivity index (χ1v) is 8.70. The lowest BCUT2D eigenvalue weighted by Crippen LogP contribution is -2.50. The minimum Gasteiger partial charge on any atom is -0.367 e. The zero-order valence-corrected chi connectivity index (χ0v) is 14.1. The van der Waals surface area contributed by atoms with Crippen molar-refractivity contribution in [3.8, 4) is 0 Å². The van der Waals surface area contributed by atoms with E-state index in [1.807, 2.05) is 36.3 Å². The van der Waals surface area contributed by atoms with Gasteiger partial charge in [-0.1, -0.05) is 6.07 Å². The lowest BCUT2D eigenvalue weighted by molar-refractivity contribution is -0.0657. The molecule has 122 valence electrons. The van der Waals surface area contributed by atoms with E-state index >= 15 is 0 Å². The van der Waals surface area contributed by atoms with Crippen molar-refractivity contribution in [3.05, 3.63) is 52.5 Å². The summed E-state index contributed by atoms with van der Waals surface area (Å²) in [6, 6.07) is 5.77. The Balaban J connectivity index is 1.64. The molecule has 3 heterocycles. The lowest BCUT2D eigenvalue weighted by Gasteiger charge is -2.37. The van der Waals surface area contributed by atoms with Crippen molar-refractivity contribution in [1.82, 2.24) is 15.2 Å². The van der Waals surface area contributed by atoms with Gasteiger partial charge in [0.2, 0.25) is 0 Å². The minimum absolute atomic E-state index is 0.0214. The van der Waals surface area contributed by atoms with E-state index in [4.69, 9.17) is 4.74 Å². The topological polar surface area (TPSA) is 54.5 Å². The number of pyridine rings is 1. The molecular weight excluding hydrogens is 310 g/mol. The van der Waals surface area contributed by atoms with Gasteiger partial charge in [0.15, 0.2) is 0 Å². The Morgan fingerprint density at radius 2 is 2.35 bits per heavy atom. The minimum atomic E-state index is -0.0750. The van der Waals surface area contributed by atoms with Gasteiger partial charge in [-0.15, -0.1) is 0 Å². The Labute approximate surface area is 140 Å². The highest BCUT2D eigenvalue weighted by Crippen LogP contribution is 2.27. The number of hydrogen-bond donors (Lipinski definition) is 1. The normalized spacial score (nSPS) is 22.6. The van der Waals surface area contributed by atoms with Crippen molar-refractivity contribution < 1.29 is 9.53 Å². The van der Waals surface area contributed by atoms with E-state index in [1.165, 1.54) is 0 Å². The summed E-state index contributed by atoms with van der Waals surface area (Å²) in [5, 5.41) is 7.16. The van der Waals surface area contributed by atoms with Crippen LogP contribution in [0.1, 0.15) is 37.1 Å². The van der Waals surface area contributed by atoms with Crippen LogP contribution in [-0.2, 0) is 4.74 Å². The van der Waals surface area contributed by atoms with Crippen LogP contribution in [0.25, 0.3) is 0 Å². The number of carbonyl (C=O) groups excluding carboxylic acids is 1. The standard InChI is InChI=1S/C17H21N3O2S/c1-12-9-20(10-16(22-12)15-5-7-23-11-15)17(21)19-13(2)14-4-3-6-18-8-14/h3-8,11-13,16H,9-10H2,1-2H3,(H,19,21)/t12-,13+,16-/m1/s1. The van der Waals surface area contributed by atoms with Gasteiger partial charge in [-0.05, 0) is 47.9 Å². The molecule has 3 atom stereocenters. The molecule has 0 aromatic carbocycles. The van der Waals surface area contributed by atoms with Crippen molar-refractivity contribution in [1.29, 1.82) is 0 Å². The Kier molecular flexibility index (Phi) is 4.93. The third kappa shape index (κ3) is 3.89. The summed E-state index contributed by atoms with van der Waals surface area (Å²) in [6.07, 6.45) is 3.48. The fourth-order valence-corrected chi connectivity index (χ4v) is 3.45. The van der Waals surface area contributed by atoms with Crippen LogP contribution in [0.5, 0.6) is 0 Å². The summed E-state index contributed by atoms with van der Waals surface area (Å²) in [7, 11) is 0. The second kappa shape index (κ2) is 7.10. The smallest absolute Gasteiger partial charge is 0.318 e. The number of amides is 2. The zero-order chi connectivity index (χ0) is 16.2. The van der Waals surface area contributed by atoms with Crippen molar-refractivity contribution in [2.75, 3.05) is 13.1 Å². The number of nitrogens with one attached hydrogen (secondary N) is 1. The number of nitrogens with zero attached hydrogens (tertiary/aromatic N) is 2. The maximum atomic E-state index is 12.6. The molecule has 1 aliphatic heterocycles. The van der Waals surface area contributed by atoms with Crippen LogP contribution >= 0.6 is 11.3 Å². The van der Waals surface area contributed by atoms with Crippen molar-refractivity contribution >= 4 is 17.4 Å². The maximum Gasteiger partial charge on any atom is 0.318 e. The van der Waals surface area contributed by atoms with Gasteiger partial charge in [0.1, 0.15) is 6.10 Å². The lowest BCUT2D eigenvalue weighted by atomic mass is 10.1. The van der Waals surface area contributed by atoms with Gasteiger partial charge < -0.3 is 15.0 Å². The molecule has 0 radical (unpaired) electrons.